The number of carbonyl (C=O) groups is 1. The summed E-state index contributed by atoms with van der Waals surface area (Å²) in [5.41, 5.74) is 0.0470. The third-order valence-electron chi connectivity index (χ3n) is 3.40. The van der Waals surface area contributed by atoms with Gasteiger partial charge in [0.05, 0.1) is 5.41 Å². The summed E-state index contributed by atoms with van der Waals surface area (Å²) in [7, 11) is 0. The highest BCUT2D eigenvalue weighted by molar-refractivity contribution is 7.15. The van der Waals surface area contributed by atoms with Gasteiger partial charge < -0.3 is 10.6 Å². The van der Waals surface area contributed by atoms with Gasteiger partial charge in [-0.1, -0.05) is 29.5 Å². The van der Waals surface area contributed by atoms with Crippen molar-refractivity contribution in [3.05, 3.63) is 40.7 Å². The van der Waals surface area contributed by atoms with Crippen molar-refractivity contribution in [1.29, 1.82) is 0 Å². The SMILES string of the molecule is CCNC(=O)C(C)(C)CNc1nnc(Cc2ccccc2F)s1. The van der Waals surface area contributed by atoms with E-state index in [1.807, 2.05) is 20.8 Å². The average Bonchev–Trinajstić information content (AvgIpc) is 2.96. The Morgan fingerprint density at radius 1 is 1.30 bits per heavy atom. The maximum absolute atomic E-state index is 13.6. The molecule has 0 atom stereocenters. The highest BCUT2D eigenvalue weighted by Gasteiger charge is 2.27. The van der Waals surface area contributed by atoms with Crippen LogP contribution in [0.1, 0.15) is 31.3 Å². The van der Waals surface area contributed by atoms with Crippen LogP contribution in [-0.2, 0) is 11.2 Å². The highest BCUT2D eigenvalue weighted by Crippen LogP contribution is 2.22. The zero-order valence-corrected chi connectivity index (χ0v) is 14.3. The van der Waals surface area contributed by atoms with Crippen molar-refractivity contribution in [3.63, 3.8) is 0 Å². The Balaban J connectivity index is 1.95. The molecule has 1 aromatic carbocycles. The first-order chi connectivity index (χ1) is 10.9. The van der Waals surface area contributed by atoms with Gasteiger partial charge in [0.2, 0.25) is 11.0 Å². The molecule has 0 saturated heterocycles. The Morgan fingerprint density at radius 3 is 2.74 bits per heavy atom. The predicted octanol–water partition coefficient (Wildman–Crippen LogP) is 2.84. The molecule has 2 rings (SSSR count). The summed E-state index contributed by atoms with van der Waals surface area (Å²) in [6.45, 7) is 6.68. The van der Waals surface area contributed by atoms with E-state index in [4.69, 9.17) is 0 Å². The topological polar surface area (TPSA) is 66.9 Å². The molecule has 5 nitrogen and oxygen atoms in total. The number of amides is 1. The smallest absolute Gasteiger partial charge is 0.227 e. The second-order valence-electron chi connectivity index (χ2n) is 5.87. The summed E-state index contributed by atoms with van der Waals surface area (Å²) >= 11 is 1.37. The molecule has 1 aromatic heterocycles. The zero-order chi connectivity index (χ0) is 16.9. The van der Waals surface area contributed by atoms with Crippen molar-refractivity contribution in [2.75, 3.05) is 18.4 Å². The Hall–Kier alpha value is -2.02. The normalized spacial score (nSPS) is 11.3. The number of anilines is 1. The highest BCUT2D eigenvalue weighted by atomic mass is 32.1. The van der Waals surface area contributed by atoms with Crippen molar-refractivity contribution in [1.82, 2.24) is 15.5 Å². The number of aromatic nitrogens is 2. The van der Waals surface area contributed by atoms with E-state index in [0.29, 0.717) is 30.2 Å². The van der Waals surface area contributed by atoms with Crippen LogP contribution in [0.25, 0.3) is 0 Å². The number of hydrogen-bond donors (Lipinski definition) is 2. The van der Waals surface area contributed by atoms with Crippen LogP contribution in [0.3, 0.4) is 0 Å². The van der Waals surface area contributed by atoms with Gasteiger partial charge >= 0.3 is 0 Å². The van der Waals surface area contributed by atoms with Crippen LogP contribution in [0.15, 0.2) is 24.3 Å². The van der Waals surface area contributed by atoms with Crippen molar-refractivity contribution in [3.8, 4) is 0 Å². The predicted molar refractivity (Wildman–Crippen MR) is 90.1 cm³/mol. The number of nitrogens with zero attached hydrogens (tertiary/aromatic N) is 2. The Kier molecular flexibility index (Phi) is 5.65. The fourth-order valence-corrected chi connectivity index (χ4v) is 2.74. The number of nitrogens with one attached hydrogen (secondary N) is 2. The Labute approximate surface area is 139 Å². The lowest BCUT2D eigenvalue weighted by molar-refractivity contribution is -0.128. The minimum atomic E-state index is -0.548. The first-order valence-corrected chi connectivity index (χ1v) is 8.32. The molecule has 0 fully saturated rings. The van der Waals surface area contributed by atoms with Gasteiger partial charge in [0.1, 0.15) is 10.8 Å². The number of carbonyl (C=O) groups excluding carboxylic acids is 1. The summed E-state index contributed by atoms with van der Waals surface area (Å²) in [5, 5.41) is 15.4. The zero-order valence-electron chi connectivity index (χ0n) is 13.5. The number of hydrogen-bond acceptors (Lipinski definition) is 5. The summed E-state index contributed by atoms with van der Waals surface area (Å²) < 4.78 is 13.6. The van der Waals surface area contributed by atoms with E-state index in [1.165, 1.54) is 17.4 Å². The van der Waals surface area contributed by atoms with E-state index in [2.05, 4.69) is 20.8 Å². The fourth-order valence-electron chi connectivity index (χ4n) is 1.98. The molecule has 2 N–H and O–H groups in total. The van der Waals surface area contributed by atoms with Gasteiger partial charge in [-0.2, -0.15) is 0 Å². The van der Waals surface area contributed by atoms with E-state index in [1.54, 1.807) is 18.2 Å². The molecule has 0 unspecified atom stereocenters. The van der Waals surface area contributed by atoms with Crippen LogP contribution in [-0.4, -0.2) is 29.2 Å². The summed E-state index contributed by atoms with van der Waals surface area (Å²) in [6.07, 6.45) is 0.408. The summed E-state index contributed by atoms with van der Waals surface area (Å²) in [4.78, 5) is 11.9. The van der Waals surface area contributed by atoms with Gasteiger partial charge in [-0.25, -0.2) is 4.39 Å². The van der Waals surface area contributed by atoms with Gasteiger partial charge in [0.25, 0.3) is 0 Å². The van der Waals surface area contributed by atoms with Crippen molar-refractivity contribution < 1.29 is 9.18 Å². The molecular weight excluding hydrogens is 315 g/mol. The molecule has 0 bridgehead atoms. The lowest BCUT2D eigenvalue weighted by Gasteiger charge is -2.23. The number of rotatable bonds is 7. The molecule has 0 saturated carbocycles. The lowest BCUT2D eigenvalue weighted by atomic mass is 9.92. The largest absolute Gasteiger partial charge is 0.359 e. The first-order valence-electron chi connectivity index (χ1n) is 7.50. The van der Waals surface area contributed by atoms with E-state index >= 15 is 0 Å². The second kappa shape index (κ2) is 7.50. The summed E-state index contributed by atoms with van der Waals surface area (Å²) in [6, 6.07) is 6.63. The number of benzene rings is 1. The molecule has 0 aliphatic heterocycles. The van der Waals surface area contributed by atoms with Gasteiger partial charge in [-0.05, 0) is 32.4 Å². The van der Waals surface area contributed by atoms with Crippen LogP contribution in [0, 0.1) is 11.2 Å². The molecule has 2 aromatic rings. The van der Waals surface area contributed by atoms with E-state index in [-0.39, 0.29) is 11.7 Å². The van der Waals surface area contributed by atoms with Gasteiger partial charge in [-0.3, -0.25) is 4.79 Å². The molecule has 0 radical (unpaired) electrons. The van der Waals surface area contributed by atoms with Gasteiger partial charge in [0.15, 0.2) is 0 Å². The van der Waals surface area contributed by atoms with Crippen LogP contribution in [0.2, 0.25) is 0 Å². The third-order valence-corrected chi connectivity index (χ3v) is 4.28. The minimum absolute atomic E-state index is 0.0106. The van der Waals surface area contributed by atoms with E-state index in [9.17, 15) is 9.18 Å². The lowest BCUT2D eigenvalue weighted by Crippen LogP contribution is -2.41. The van der Waals surface area contributed by atoms with Crippen LogP contribution in [0.5, 0.6) is 0 Å². The second-order valence-corrected chi connectivity index (χ2v) is 6.93. The van der Waals surface area contributed by atoms with Crippen molar-refractivity contribution >= 4 is 22.4 Å². The third kappa shape index (κ3) is 4.72. The maximum Gasteiger partial charge on any atom is 0.227 e. The van der Waals surface area contributed by atoms with Crippen LogP contribution in [0.4, 0.5) is 9.52 Å². The van der Waals surface area contributed by atoms with Crippen molar-refractivity contribution in [2.24, 2.45) is 5.41 Å². The van der Waals surface area contributed by atoms with E-state index in [0.717, 1.165) is 5.01 Å². The summed E-state index contributed by atoms with van der Waals surface area (Å²) in [5.74, 6) is -0.252. The minimum Gasteiger partial charge on any atom is -0.359 e. The van der Waals surface area contributed by atoms with Gasteiger partial charge in [-0.15, -0.1) is 10.2 Å². The fraction of sp³-hybridized carbons (Fsp3) is 0.438. The Morgan fingerprint density at radius 2 is 2.04 bits per heavy atom. The van der Waals surface area contributed by atoms with E-state index < -0.39 is 5.41 Å². The maximum atomic E-state index is 13.6. The number of halogens is 1. The molecule has 1 amide bonds. The molecule has 0 aliphatic rings. The monoisotopic (exact) mass is 336 g/mol. The molecule has 7 heteroatoms. The molecule has 0 aliphatic carbocycles. The molecular formula is C16H21FN4OS. The first kappa shape index (κ1) is 17.3. The molecule has 23 heavy (non-hydrogen) atoms. The molecule has 1 heterocycles. The average molecular weight is 336 g/mol. The van der Waals surface area contributed by atoms with Gasteiger partial charge in [0, 0.05) is 19.5 Å². The van der Waals surface area contributed by atoms with Crippen LogP contribution >= 0.6 is 11.3 Å². The van der Waals surface area contributed by atoms with Crippen LogP contribution < -0.4 is 10.6 Å². The standard InChI is InChI=1S/C16H21FN4OS/c1-4-18-14(22)16(2,3)10-19-15-21-20-13(23-15)9-11-7-5-6-8-12(11)17/h5-8H,4,9-10H2,1-3H3,(H,18,22)(H,19,21). The molecule has 0 spiro atoms. The Bertz CT molecular complexity index is 672. The van der Waals surface area contributed by atoms with Crippen molar-refractivity contribution in [2.45, 2.75) is 27.2 Å². The molecule has 124 valence electrons. The quantitative estimate of drug-likeness (QED) is 0.816.